The summed E-state index contributed by atoms with van der Waals surface area (Å²) >= 11 is 0. The fraction of sp³-hybridized carbons (Fsp3) is 0.0455. The lowest BCUT2D eigenvalue weighted by Crippen LogP contribution is -2.18. The number of nitrogens with one attached hydrogen (secondary N) is 2. The molecule has 0 fully saturated rings. The molecule has 0 aliphatic carbocycles. The van der Waals surface area contributed by atoms with Crippen LogP contribution in [0.3, 0.4) is 0 Å². The van der Waals surface area contributed by atoms with Crippen LogP contribution in [0.1, 0.15) is 10.4 Å². The minimum Gasteiger partial charge on any atom is -0.490 e. The highest BCUT2D eigenvalue weighted by molar-refractivity contribution is 7.92. The maximum atomic E-state index is 12.7. The molecule has 2 N–H and O–H groups in total. The molecule has 0 bridgehead atoms. The lowest BCUT2D eigenvalue weighted by molar-refractivity contribution is 0.102. The summed E-state index contributed by atoms with van der Waals surface area (Å²) in [5.41, 5.74) is 0.959. The van der Waals surface area contributed by atoms with Crippen molar-refractivity contribution >= 4 is 27.3 Å². The van der Waals surface area contributed by atoms with Gasteiger partial charge in [0.2, 0.25) is 0 Å². The second kappa shape index (κ2) is 9.07. The molecule has 3 aromatic rings. The van der Waals surface area contributed by atoms with Crippen molar-refractivity contribution in [2.75, 3.05) is 16.6 Å². The van der Waals surface area contributed by atoms with E-state index in [2.05, 4.69) is 16.6 Å². The van der Waals surface area contributed by atoms with E-state index >= 15 is 0 Å². The number of carbonyl (C=O) groups is 1. The molecule has 3 rings (SSSR count). The SMILES string of the molecule is C=CCOc1ccc(NC(=O)c2ccccc2NS(=O)(=O)c2ccccc2)cc1. The minimum absolute atomic E-state index is 0.116. The number of hydrogen-bond donors (Lipinski definition) is 2. The number of amides is 1. The third kappa shape index (κ3) is 5.24. The summed E-state index contributed by atoms with van der Waals surface area (Å²) in [4.78, 5) is 12.8. The standard InChI is InChI=1S/C22H20N2O4S/c1-2-16-28-18-14-12-17(13-15-18)23-22(25)20-10-6-7-11-21(20)24-29(26,27)19-8-4-3-5-9-19/h2-15,24H,1,16H2,(H,23,25). The second-order valence-electron chi connectivity index (χ2n) is 6.04. The van der Waals surface area contributed by atoms with Crippen molar-refractivity contribution in [1.29, 1.82) is 0 Å². The first-order valence-electron chi connectivity index (χ1n) is 8.81. The van der Waals surface area contributed by atoms with Gasteiger partial charge < -0.3 is 10.1 Å². The first-order chi connectivity index (χ1) is 14.0. The third-order valence-corrected chi connectivity index (χ3v) is 5.33. The first kappa shape index (κ1) is 20.2. The molecule has 0 heterocycles. The molecule has 0 aliphatic rings. The van der Waals surface area contributed by atoms with Gasteiger partial charge in [-0.25, -0.2) is 8.42 Å². The lowest BCUT2D eigenvalue weighted by Gasteiger charge is -2.13. The average molecular weight is 408 g/mol. The molecule has 0 saturated carbocycles. The Kier molecular flexibility index (Phi) is 6.31. The Bertz CT molecular complexity index is 1100. The maximum absolute atomic E-state index is 12.7. The zero-order chi connectivity index (χ0) is 20.7. The van der Waals surface area contributed by atoms with Crippen molar-refractivity contribution in [3.63, 3.8) is 0 Å². The number of benzene rings is 3. The van der Waals surface area contributed by atoms with E-state index in [-0.39, 0.29) is 16.1 Å². The summed E-state index contributed by atoms with van der Waals surface area (Å²) in [7, 11) is -3.81. The van der Waals surface area contributed by atoms with Gasteiger partial charge in [-0.2, -0.15) is 0 Å². The van der Waals surface area contributed by atoms with Crippen molar-refractivity contribution < 1.29 is 17.9 Å². The topological polar surface area (TPSA) is 84.5 Å². The van der Waals surface area contributed by atoms with E-state index < -0.39 is 15.9 Å². The molecule has 29 heavy (non-hydrogen) atoms. The van der Waals surface area contributed by atoms with E-state index in [1.807, 2.05) is 0 Å². The lowest BCUT2D eigenvalue weighted by atomic mass is 10.1. The molecule has 148 valence electrons. The fourth-order valence-electron chi connectivity index (χ4n) is 2.56. The van der Waals surface area contributed by atoms with Crippen molar-refractivity contribution in [3.8, 4) is 5.75 Å². The smallest absolute Gasteiger partial charge is 0.261 e. The predicted molar refractivity (Wildman–Crippen MR) is 114 cm³/mol. The molecule has 0 aromatic heterocycles. The van der Waals surface area contributed by atoms with Crippen molar-refractivity contribution in [2.24, 2.45) is 0 Å². The molecule has 3 aromatic carbocycles. The molecule has 0 radical (unpaired) electrons. The summed E-state index contributed by atoms with van der Waals surface area (Å²) in [5, 5.41) is 2.76. The van der Waals surface area contributed by atoms with Crippen LogP contribution in [0.15, 0.2) is 96.4 Å². The summed E-state index contributed by atoms with van der Waals surface area (Å²) in [6, 6.07) is 21.3. The molecule has 0 saturated heterocycles. The molecule has 6 nitrogen and oxygen atoms in total. The highest BCUT2D eigenvalue weighted by Crippen LogP contribution is 2.22. The van der Waals surface area contributed by atoms with E-state index in [9.17, 15) is 13.2 Å². The van der Waals surface area contributed by atoms with Crippen LogP contribution in [-0.2, 0) is 10.0 Å². The Morgan fingerprint density at radius 2 is 1.59 bits per heavy atom. The van der Waals surface area contributed by atoms with E-state index in [4.69, 9.17) is 4.74 Å². The van der Waals surface area contributed by atoms with Gasteiger partial charge in [0.25, 0.3) is 15.9 Å². The number of ether oxygens (including phenoxy) is 1. The second-order valence-corrected chi connectivity index (χ2v) is 7.72. The van der Waals surface area contributed by atoms with Crippen LogP contribution in [0.25, 0.3) is 0 Å². The third-order valence-electron chi connectivity index (χ3n) is 3.95. The summed E-state index contributed by atoms with van der Waals surface area (Å²) in [6.07, 6.45) is 1.64. The zero-order valence-corrected chi connectivity index (χ0v) is 16.4. The Morgan fingerprint density at radius 1 is 0.931 bits per heavy atom. The monoisotopic (exact) mass is 408 g/mol. The van der Waals surface area contributed by atoms with E-state index in [1.165, 1.54) is 12.1 Å². The van der Waals surface area contributed by atoms with Gasteiger partial charge in [0, 0.05) is 5.69 Å². The van der Waals surface area contributed by atoms with E-state index in [1.54, 1.807) is 72.8 Å². The summed E-state index contributed by atoms with van der Waals surface area (Å²) in [6.45, 7) is 3.98. The van der Waals surface area contributed by atoms with Gasteiger partial charge in [-0.3, -0.25) is 9.52 Å². The largest absolute Gasteiger partial charge is 0.490 e. The van der Waals surface area contributed by atoms with Gasteiger partial charge in [0.05, 0.1) is 16.1 Å². The first-order valence-corrected chi connectivity index (χ1v) is 10.3. The van der Waals surface area contributed by atoms with Gasteiger partial charge in [0.15, 0.2) is 0 Å². The van der Waals surface area contributed by atoms with Crippen LogP contribution in [0.5, 0.6) is 5.75 Å². The van der Waals surface area contributed by atoms with Gasteiger partial charge in [-0.15, -0.1) is 0 Å². The Hall–Kier alpha value is -3.58. The number of sulfonamides is 1. The normalized spacial score (nSPS) is 10.8. The molecule has 0 spiro atoms. The van der Waals surface area contributed by atoms with Crippen LogP contribution < -0.4 is 14.8 Å². The van der Waals surface area contributed by atoms with Gasteiger partial charge in [0.1, 0.15) is 12.4 Å². The maximum Gasteiger partial charge on any atom is 0.261 e. The van der Waals surface area contributed by atoms with Crippen LogP contribution in [0.4, 0.5) is 11.4 Å². The quantitative estimate of drug-likeness (QED) is 0.544. The zero-order valence-electron chi connectivity index (χ0n) is 15.5. The minimum atomic E-state index is -3.81. The van der Waals surface area contributed by atoms with Crippen LogP contribution in [0.2, 0.25) is 0 Å². The van der Waals surface area contributed by atoms with E-state index in [0.29, 0.717) is 18.0 Å². The highest BCUT2D eigenvalue weighted by Gasteiger charge is 2.18. The van der Waals surface area contributed by atoms with Crippen LogP contribution >= 0.6 is 0 Å². The molecule has 7 heteroatoms. The number of carbonyl (C=O) groups excluding carboxylic acids is 1. The van der Waals surface area contributed by atoms with Crippen LogP contribution in [-0.4, -0.2) is 20.9 Å². The predicted octanol–water partition coefficient (Wildman–Crippen LogP) is 4.30. The number of para-hydroxylation sites is 1. The molecule has 1 amide bonds. The van der Waals surface area contributed by atoms with Gasteiger partial charge in [-0.05, 0) is 48.5 Å². The molecule has 0 atom stereocenters. The van der Waals surface area contributed by atoms with Crippen LogP contribution in [0, 0.1) is 0 Å². The van der Waals surface area contributed by atoms with Gasteiger partial charge >= 0.3 is 0 Å². The van der Waals surface area contributed by atoms with Crippen molar-refractivity contribution in [2.45, 2.75) is 4.90 Å². The molecule has 0 unspecified atom stereocenters. The Morgan fingerprint density at radius 3 is 2.28 bits per heavy atom. The summed E-state index contributed by atoms with van der Waals surface area (Å²) < 4.78 is 33.1. The summed E-state index contributed by atoms with van der Waals surface area (Å²) in [5.74, 6) is 0.218. The number of anilines is 2. The highest BCUT2D eigenvalue weighted by atomic mass is 32.2. The average Bonchev–Trinajstić information content (AvgIpc) is 2.74. The Labute approximate surface area is 169 Å². The number of hydrogen-bond acceptors (Lipinski definition) is 4. The fourth-order valence-corrected chi connectivity index (χ4v) is 3.66. The van der Waals surface area contributed by atoms with Crippen molar-refractivity contribution in [3.05, 3.63) is 97.1 Å². The molecular weight excluding hydrogens is 388 g/mol. The molecular formula is C22H20N2O4S. The number of rotatable bonds is 8. The Balaban J connectivity index is 1.78. The van der Waals surface area contributed by atoms with E-state index in [0.717, 1.165) is 0 Å². The van der Waals surface area contributed by atoms with Gasteiger partial charge in [-0.1, -0.05) is 43.0 Å². The van der Waals surface area contributed by atoms with Crippen molar-refractivity contribution in [1.82, 2.24) is 0 Å². The molecule has 0 aliphatic heterocycles.